The summed E-state index contributed by atoms with van der Waals surface area (Å²) < 4.78 is 0. The number of nitrogens with zero attached hydrogens (tertiary/aromatic N) is 2. The summed E-state index contributed by atoms with van der Waals surface area (Å²) in [6.07, 6.45) is 0. The van der Waals surface area contributed by atoms with Crippen LogP contribution in [0, 0.1) is 18.3 Å². The number of benzene rings is 2. The second-order valence-electron chi connectivity index (χ2n) is 6.75. The third kappa shape index (κ3) is 4.52. The molecule has 0 saturated heterocycles. The highest BCUT2D eigenvalue weighted by Gasteiger charge is 2.14. The molecule has 4 rings (SSSR count). The van der Waals surface area contributed by atoms with Crippen LogP contribution in [0.3, 0.4) is 0 Å². The molecule has 0 radical (unpaired) electrons. The summed E-state index contributed by atoms with van der Waals surface area (Å²) in [5.41, 5.74) is 2.71. The van der Waals surface area contributed by atoms with Crippen molar-refractivity contribution in [2.75, 3.05) is 10.6 Å². The van der Waals surface area contributed by atoms with Gasteiger partial charge < -0.3 is 10.6 Å². The molecule has 2 heterocycles. The summed E-state index contributed by atoms with van der Waals surface area (Å²) in [6, 6.07) is 19.9. The Bertz CT molecular complexity index is 1320. The Morgan fingerprint density at radius 3 is 2.42 bits per heavy atom. The van der Waals surface area contributed by atoms with Gasteiger partial charge in [0.2, 0.25) is 5.95 Å². The van der Waals surface area contributed by atoms with Crippen LogP contribution in [-0.2, 0) is 0 Å². The molecule has 0 unspecified atom stereocenters. The van der Waals surface area contributed by atoms with E-state index in [1.807, 2.05) is 48.7 Å². The van der Waals surface area contributed by atoms with E-state index in [1.54, 1.807) is 30.3 Å². The number of carbonyl (C=O) groups is 1. The van der Waals surface area contributed by atoms with E-state index in [0.29, 0.717) is 16.1 Å². The number of carbonyl (C=O) groups excluding carboxylic acids is 1. The van der Waals surface area contributed by atoms with Crippen molar-refractivity contribution in [1.29, 1.82) is 5.26 Å². The first kappa shape index (κ1) is 20.1. The van der Waals surface area contributed by atoms with Crippen LogP contribution in [0.25, 0.3) is 11.3 Å². The van der Waals surface area contributed by atoms with Gasteiger partial charge in [0.25, 0.3) is 11.5 Å². The largest absolute Gasteiger partial charge is 0.326 e. The quantitative estimate of drug-likeness (QED) is 0.428. The van der Waals surface area contributed by atoms with E-state index in [2.05, 4.69) is 20.6 Å². The summed E-state index contributed by atoms with van der Waals surface area (Å²) in [4.78, 5) is 32.3. The molecule has 2 aromatic heterocycles. The lowest BCUT2D eigenvalue weighted by atomic mass is 10.1. The number of aromatic nitrogens is 2. The van der Waals surface area contributed by atoms with Gasteiger partial charge >= 0.3 is 0 Å². The fourth-order valence-electron chi connectivity index (χ4n) is 2.93. The van der Waals surface area contributed by atoms with Gasteiger partial charge in [0.15, 0.2) is 0 Å². The summed E-state index contributed by atoms with van der Waals surface area (Å²) in [5, 5.41) is 17.2. The number of hydrogen-bond donors (Lipinski definition) is 3. The first-order valence-corrected chi connectivity index (χ1v) is 10.2. The smallest absolute Gasteiger partial charge is 0.270 e. The van der Waals surface area contributed by atoms with Crippen LogP contribution in [0.5, 0.6) is 0 Å². The predicted octanol–water partition coefficient (Wildman–Crippen LogP) is 4.67. The molecule has 0 atom stereocenters. The monoisotopic (exact) mass is 427 g/mol. The second-order valence-corrected chi connectivity index (χ2v) is 7.70. The number of aryl methyl sites for hydroxylation is 1. The number of amides is 1. The fourth-order valence-corrected chi connectivity index (χ4v) is 3.55. The Morgan fingerprint density at radius 1 is 1.06 bits per heavy atom. The highest BCUT2D eigenvalue weighted by Crippen LogP contribution is 2.24. The highest BCUT2D eigenvalue weighted by molar-refractivity contribution is 7.12. The number of nitrogens with one attached hydrogen (secondary N) is 3. The van der Waals surface area contributed by atoms with Gasteiger partial charge in [-0.15, -0.1) is 11.3 Å². The molecular formula is C23H17N5O2S. The third-order valence-corrected chi connectivity index (χ3v) is 5.38. The SMILES string of the molecule is Cc1ccc(Nc2nc(-c3ccc(NC(=O)c4cccs4)cc3)c(C#N)c(=O)[nH]2)cc1. The van der Waals surface area contributed by atoms with Gasteiger partial charge in [0.1, 0.15) is 11.6 Å². The standard InChI is InChI=1S/C23H17N5O2S/c1-14-4-8-17(9-5-14)26-23-27-20(18(13-24)21(29)28-23)15-6-10-16(11-7-15)25-22(30)19-3-2-12-31-19/h2-12H,1H3,(H,25,30)(H2,26,27,28,29). The molecule has 31 heavy (non-hydrogen) atoms. The lowest BCUT2D eigenvalue weighted by molar-refractivity contribution is 0.103. The average molecular weight is 427 g/mol. The van der Waals surface area contributed by atoms with Crippen LogP contribution in [0.15, 0.2) is 70.8 Å². The molecule has 0 aliphatic rings. The molecule has 8 heteroatoms. The van der Waals surface area contributed by atoms with Crippen molar-refractivity contribution in [3.63, 3.8) is 0 Å². The van der Waals surface area contributed by atoms with E-state index in [9.17, 15) is 14.9 Å². The second kappa shape index (κ2) is 8.65. The van der Waals surface area contributed by atoms with E-state index in [-0.39, 0.29) is 23.1 Å². The Labute approximate surface area is 182 Å². The number of H-pyrrole nitrogens is 1. The normalized spacial score (nSPS) is 10.3. The van der Waals surface area contributed by atoms with Crippen molar-refractivity contribution in [3.05, 3.63) is 92.4 Å². The Balaban J connectivity index is 1.62. The Morgan fingerprint density at radius 2 is 1.77 bits per heavy atom. The summed E-state index contributed by atoms with van der Waals surface area (Å²) >= 11 is 1.36. The maximum atomic E-state index is 12.4. The molecular weight excluding hydrogens is 410 g/mol. The molecule has 3 N–H and O–H groups in total. The number of rotatable bonds is 5. The van der Waals surface area contributed by atoms with Crippen molar-refractivity contribution < 1.29 is 4.79 Å². The molecule has 0 fully saturated rings. The van der Waals surface area contributed by atoms with Crippen LogP contribution < -0.4 is 16.2 Å². The van der Waals surface area contributed by atoms with E-state index >= 15 is 0 Å². The Kier molecular flexibility index (Phi) is 5.60. The molecule has 7 nitrogen and oxygen atoms in total. The first-order valence-electron chi connectivity index (χ1n) is 9.37. The molecule has 0 aliphatic carbocycles. The minimum Gasteiger partial charge on any atom is -0.326 e. The molecule has 0 bridgehead atoms. The van der Waals surface area contributed by atoms with Crippen LogP contribution in [0.2, 0.25) is 0 Å². The zero-order valence-electron chi connectivity index (χ0n) is 16.5. The molecule has 152 valence electrons. The average Bonchev–Trinajstić information content (AvgIpc) is 3.31. The van der Waals surface area contributed by atoms with Gasteiger partial charge in [-0.3, -0.25) is 14.6 Å². The van der Waals surface area contributed by atoms with Gasteiger partial charge in [-0.2, -0.15) is 5.26 Å². The number of aromatic amines is 1. The molecule has 0 aliphatic heterocycles. The Hall–Kier alpha value is -4.22. The van der Waals surface area contributed by atoms with Crippen LogP contribution in [-0.4, -0.2) is 15.9 Å². The summed E-state index contributed by atoms with van der Waals surface area (Å²) in [7, 11) is 0. The van der Waals surface area contributed by atoms with Crippen LogP contribution >= 0.6 is 11.3 Å². The lowest BCUT2D eigenvalue weighted by Gasteiger charge is -2.10. The number of thiophene rings is 1. The minimum atomic E-state index is -0.530. The fraction of sp³-hybridized carbons (Fsp3) is 0.0435. The lowest BCUT2D eigenvalue weighted by Crippen LogP contribution is -2.16. The van der Waals surface area contributed by atoms with Crippen molar-refractivity contribution in [1.82, 2.24) is 9.97 Å². The zero-order valence-corrected chi connectivity index (χ0v) is 17.3. The first-order chi connectivity index (χ1) is 15.0. The highest BCUT2D eigenvalue weighted by atomic mass is 32.1. The van der Waals surface area contributed by atoms with E-state index in [1.165, 1.54) is 11.3 Å². The van der Waals surface area contributed by atoms with Crippen LogP contribution in [0.1, 0.15) is 20.8 Å². The predicted molar refractivity (Wildman–Crippen MR) is 122 cm³/mol. The van der Waals surface area contributed by atoms with Gasteiger partial charge in [0, 0.05) is 16.9 Å². The zero-order chi connectivity index (χ0) is 21.8. The number of hydrogen-bond acceptors (Lipinski definition) is 6. The molecule has 1 amide bonds. The van der Waals surface area contributed by atoms with Crippen molar-refractivity contribution in [2.45, 2.75) is 6.92 Å². The van der Waals surface area contributed by atoms with Gasteiger partial charge in [-0.25, -0.2) is 4.98 Å². The van der Waals surface area contributed by atoms with E-state index in [4.69, 9.17) is 0 Å². The molecule has 0 spiro atoms. The maximum absolute atomic E-state index is 12.4. The van der Waals surface area contributed by atoms with Crippen molar-refractivity contribution >= 4 is 34.6 Å². The molecule has 2 aromatic carbocycles. The minimum absolute atomic E-state index is 0.0789. The van der Waals surface area contributed by atoms with Gasteiger partial charge in [-0.1, -0.05) is 35.9 Å². The topological polar surface area (TPSA) is 111 Å². The van der Waals surface area contributed by atoms with E-state index < -0.39 is 5.56 Å². The van der Waals surface area contributed by atoms with Crippen LogP contribution in [0.4, 0.5) is 17.3 Å². The molecule has 0 saturated carbocycles. The number of nitriles is 1. The van der Waals surface area contributed by atoms with Crippen molar-refractivity contribution in [2.24, 2.45) is 0 Å². The summed E-state index contributed by atoms with van der Waals surface area (Å²) in [5.74, 6) is 0.0391. The third-order valence-electron chi connectivity index (χ3n) is 4.51. The van der Waals surface area contributed by atoms with E-state index in [0.717, 1.165) is 11.3 Å². The van der Waals surface area contributed by atoms with Gasteiger partial charge in [0.05, 0.1) is 10.6 Å². The van der Waals surface area contributed by atoms with Crippen molar-refractivity contribution in [3.8, 4) is 17.3 Å². The van der Waals surface area contributed by atoms with Gasteiger partial charge in [-0.05, 0) is 42.6 Å². The maximum Gasteiger partial charge on any atom is 0.270 e. The number of anilines is 3. The molecule has 4 aromatic rings. The summed E-state index contributed by atoms with van der Waals surface area (Å²) in [6.45, 7) is 1.98.